The maximum absolute atomic E-state index is 12.3. The van der Waals surface area contributed by atoms with Gasteiger partial charge in [-0.15, -0.1) is 11.3 Å². The molecule has 0 fully saturated rings. The number of nitrogens with two attached hydrogens (primary N) is 1. The van der Waals surface area contributed by atoms with Crippen molar-refractivity contribution in [1.29, 1.82) is 0 Å². The van der Waals surface area contributed by atoms with Gasteiger partial charge in [-0.25, -0.2) is 4.98 Å². The molecule has 0 aliphatic heterocycles. The molecule has 2 aromatic rings. The first kappa shape index (κ1) is 18.5. The van der Waals surface area contributed by atoms with Gasteiger partial charge in [0, 0.05) is 24.2 Å². The number of hydrogen-bond donors (Lipinski definition) is 1. The van der Waals surface area contributed by atoms with Crippen molar-refractivity contribution < 1.29 is 17.9 Å². The first-order valence-corrected chi connectivity index (χ1v) is 8.14. The Morgan fingerprint density at radius 2 is 1.83 bits per heavy atom. The van der Waals surface area contributed by atoms with Gasteiger partial charge in [-0.3, -0.25) is 4.90 Å². The monoisotopic (exact) mass is 359 g/mol. The van der Waals surface area contributed by atoms with E-state index < -0.39 is 12.8 Å². The summed E-state index contributed by atoms with van der Waals surface area (Å²) in [6.07, 6.45) is -2.59. The highest BCUT2D eigenvalue weighted by atomic mass is 32.1. The molecule has 0 bridgehead atoms. The Kier molecular flexibility index (Phi) is 5.71. The minimum absolute atomic E-state index is 0.300. The van der Waals surface area contributed by atoms with Crippen molar-refractivity contribution in [1.82, 2.24) is 9.88 Å². The summed E-state index contributed by atoms with van der Waals surface area (Å²) in [6.45, 7) is 3.61. The van der Waals surface area contributed by atoms with Crippen molar-refractivity contribution in [2.24, 2.45) is 0 Å². The summed E-state index contributed by atoms with van der Waals surface area (Å²) >= 11 is 1.44. The highest BCUT2D eigenvalue weighted by molar-refractivity contribution is 7.15. The topological polar surface area (TPSA) is 51.4 Å². The zero-order valence-electron chi connectivity index (χ0n) is 13.8. The van der Waals surface area contributed by atoms with Gasteiger partial charge in [0.2, 0.25) is 0 Å². The van der Waals surface area contributed by atoms with E-state index in [0.29, 0.717) is 35.1 Å². The van der Waals surface area contributed by atoms with E-state index in [1.807, 2.05) is 19.2 Å². The van der Waals surface area contributed by atoms with E-state index in [1.165, 1.54) is 11.3 Å². The van der Waals surface area contributed by atoms with Crippen LogP contribution in [0.4, 0.5) is 18.3 Å². The number of nitrogens with zero attached hydrogens (tertiary/aromatic N) is 2. The number of halogens is 3. The number of nitrogen functional groups attached to an aromatic ring is 1. The fourth-order valence-corrected chi connectivity index (χ4v) is 3.31. The van der Waals surface area contributed by atoms with E-state index in [1.54, 1.807) is 20.0 Å². The van der Waals surface area contributed by atoms with Crippen LogP contribution < -0.4 is 10.5 Å². The number of hydrogen-bond acceptors (Lipinski definition) is 5. The molecule has 1 aromatic heterocycles. The number of alkyl halides is 3. The molecule has 0 saturated heterocycles. The van der Waals surface area contributed by atoms with Crippen LogP contribution in [-0.2, 0) is 13.1 Å². The molecular weight excluding hydrogens is 339 g/mol. The van der Waals surface area contributed by atoms with Gasteiger partial charge in [0.05, 0.1) is 0 Å². The molecular formula is C16H20F3N3OS. The summed E-state index contributed by atoms with van der Waals surface area (Å²) < 4.78 is 41.9. The van der Waals surface area contributed by atoms with Crippen molar-refractivity contribution in [3.8, 4) is 5.75 Å². The second-order valence-corrected chi connectivity index (χ2v) is 6.95. The molecule has 1 aromatic carbocycles. The van der Waals surface area contributed by atoms with Gasteiger partial charge < -0.3 is 10.5 Å². The van der Waals surface area contributed by atoms with E-state index in [9.17, 15) is 13.2 Å². The van der Waals surface area contributed by atoms with E-state index in [0.717, 1.165) is 10.4 Å². The minimum atomic E-state index is -4.34. The Hall–Kier alpha value is -1.80. The molecule has 1 heterocycles. The van der Waals surface area contributed by atoms with Gasteiger partial charge in [0.1, 0.15) is 5.75 Å². The number of aromatic nitrogens is 1. The maximum atomic E-state index is 12.3. The molecule has 4 nitrogen and oxygen atoms in total. The van der Waals surface area contributed by atoms with Crippen LogP contribution >= 0.6 is 11.3 Å². The van der Waals surface area contributed by atoms with Crippen molar-refractivity contribution in [3.05, 3.63) is 39.9 Å². The molecule has 0 saturated carbocycles. The third kappa shape index (κ3) is 5.38. The van der Waals surface area contributed by atoms with Gasteiger partial charge in [-0.2, -0.15) is 13.2 Å². The third-order valence-electron chi connectivity index (χ3n) is 3.35. The Morgan fingerprint density at radius 1 is 1.21 bits per heavy atom. The molecule has 24 heavy (non-hydrogen) atoms. The van der Waals surface area contributed by atoms with Crippen LogP contribution in [0.15, 0.2) is 18.3 Å². The van der Waals surface area contributed by atoms with Crippen LogP contribution in [0.25, 0.3) is 0 Å². The third-order valence-corrected chi connectivity index (χ3v) is 4.16. The van der Waals surface area contributed by atoms with Crippen LogP contribution in [0.3, 0.4) is 0 Å². The first-order chi connectivity index (χ1) is 11.1. The molecule has 2 rings (SSSR count). The smallest absolute Gasteiger partial charge is 0.422 e. The number of benzene rings is 1. The van der Waals surface area contributed by atoms with Crippen LogP contribution in [0.1, 0.15) is 21.6 Å². The molecule has 0 aliphatic carbocycles. The van der Waals surface area contributed by atoms with Crippen molar-refractivity contribution in [2.75, 3.05) is 19.4 Å². The van der Waals surface area contributed by atoms with Crippen molar-refractivity contribution in [2.45, 2.75) is 33.1 Å². The van der Waals surface area contributed by atoms with Crippen molar-refractivity contribution in [3.63, 3.8) is 0 Å². The highest BCUT2D eigenvalue weighted by Crippen LogP contribution is 2.28. The number of anilines is 1. The Labute approximate surface area is 143 Å². The van der Waals surface area contributed by atoms with E-state index in [4.69, 9.17) is 10.5 Å². The molecule has 0 radical (unpaired) electrons. The lowest BCUT2D eigenvalue weighted by Crippen LogP contribution is -2.20. The van der Waals surface area contributed by atoms with Crippen molar-refractivity contribution >= 4 is 16.5 Å². The van der Waals surface area contributed by atoms with Gasteiger partial charge in [-0.05, 0) is 37.6 Å². The zero-order valence-corrected chi connectivity index (χ0v) is 14.6. The fourth-order valence-electron chi connectivity index (χ4n) is 2.54. The van der Waals surface area contributed by atoms with Crippen LogP contribution in [-0.4, -0.2) is 29.7 Å². The molecule has 2 N–H and O–H groups in total. The van der Waals surface area contributed by atoms with Gasteiger partial charge in [0.15, 0.2) is 11.7 Å². The molecule has 0 spiro atoms. The largest absolute Gasteiger partial charge is 0.484 e. The quantitative estimate of drug-likeness (QED) is 0.849. The van der Waals surface area contributed by atoms with E-state index in [2.05, 4.69) is 9.88 Å². The average Bonchev–Trinajstić information content (AvgIpc) is 2.81. The first-order valence-electron chi connectivity index (χ1n) is 7.32. The van der Waals surface area contributed by atoms with Gasteiger partial charge in [0.25, 0.3) is 0 Å². The lowest BCUT2D eigenvalue weighted by Gasteiger charge is -2.19. The second-order valence-electron chi connectivity index (χ2n) is 5.80. The standard InChI is InChI=1S/C16H20F3N3OS/c1-10-4-12(5-11(2)14(10)23-9-16(17,18)19)7-22(3)8-13-6-21-15(20)24-13/h4-6H,7-9H2,1-3H3,(H2,20,21). The van der Waals surface area contributed by atoms with E-state index >= 15 is 0 Å². The zero-order chi connectivity index (χ0) is 17.9. The number of rotatable bonds is 6. The predicted molar refractivity (Wildman–Crippen MR) is 89.2 cm³/mol. The molecule has 0 unspecified atom stereocenters. The summed E-state index contributed by atoms with van der Waals surface area (Å²) in [5.74, 6) is 0.300. The SMILES string of the molecule is Cc1cc(CN(C)Cc2cnc(N)s2)cc(C)c1OCC(F)(F)F. The summed E-state index contributed by atoms with van der Waals surface area (Å²) in [4.78, 5) is 7.18. The summed E-state index contributed by atoms with van der Waals surface area (Å²) in [6, 6.07) is 3.71. The van der Waals surface area contributed by atoms with E-state index in [-0.39, 0.29) is 0 Å². The number of thiazole rings is 1. The number of aryl methyl sites for hydroxylation is 2. The Morgan fingerprint density at radius 3 is 2.33 bits per heavy atom. The lowest BCUT2D eigenvalue weighted by atomic mass is 10.1. The average molecular weight is 359 g/mol. The van der Waals surface area contributed by atoms with Crippen LogP contribution in [0.5, 0.6) is 5.75 Å². The normalized spacial score (nSPS) is 12.0. The maximum Gasteiger partial charge on any atom is 0.422 e. The molecule has 0 amide bonds. The van der Waals surface area contributed by atoms with Gasteiger partial charge >= 0.3 is 6.18 Å². The highest BCUT2D eigenvalue weighted by Gasteiger charge is 2.29. The fraction of sp³-hybridized carbons (Fsp3) is 0.438. The molecule has 8 heteroatoms. The molecule has 0 aliphatic rings. The van der Waals surface area contributed by atoms with Crippen LogP contribution in [0.2, 0.25) is 0 Å². The lowest BCUT2D eigenvalue weighted by molar-refractivity contribution is -0.153. The summed E-state index contributed by atoms with van der Waals surface area (Å²) in [5, 5.41) is 0.538. The summed E-state index contributed by atoms with van der Waals surface area (Å²) in [7, 11) is 1.97. The number of ether oxygens (including phenoxy) is 1. The minimum Gasteiger partial charge on any atom is -0.484 e. The predicted octanol–water partition coefficient (Wildman–Crippen LogP) is 3.92. The Balaban J connectivity index is 2.03. The van der Waals surface area contributed by atoms with Crippen LogP contribution in [0, 0.1) is 13.8 Å². The Bertz CT molecular complexity index is 677. The van der Waals surface area contributed by atoms with Gasteiger partial charge in [-0.1, -0.05) is 12.1 Å². The molecule has 0 atom stereocenters. The summed E-state index contributed by atoms with van der Waals surface area (Å²) in [5.41, 5.74) is 8.03. The molecule has 132 valence electrons. The second kappa shape index (κ2) is 7.40.